The van der Waals surface area contributed by atoms with E-state index in [1.807, 2.05) is 0 Å². The predicted octanol–water partition coefficient (Wildman–Crippen LogP) is 5.12. The molecule has 2 heteroatoms. The predicted molar refractivity (Wildman–Crippen MR) is 87.2 cm³/mol. The quantitative estimate of drug-likeness (QED) is 0.658. The van der Waals surface area contributed by atoms with Crippen LogP contribution in [0.25, 0.3) is 0 Å². The molecule has 0 bridgehead atoms. The van der Waals surface area contributed by atoms with Gasteiger partial charge >= 0.3 is 0 Å². The van der Waals surface area contributed by atoms with Gasteiger partial charge in [0.15, 0.2) is 0 Å². The summed E-state index contributed by atoms with van der Waals surface area (Å²) in [6.45, 7) is 6.92. The lowest BCUT2D eigenvalue weighted by molar-refractivity contribution is -0.149. The van der Waals surface area contributed by atoms with Gasteiger partial charge in [-0.1, -0.05) is 13.8 Å². The van der Waals surface area contributed by atoms with Crippen LogP contribution in [0, 0.1) is 34.5 Å². The second-order valence-electron chi connectivity index (χ2n) is 9.80. The first-order valence-electron chi connectivity index (χ1n) is 9.64. The van der Waals surface area contributed by atoms with Crippen molar-refractivity contribution in [1.82, 2.24) is 0 Å². The van der Waals surface area contributed by atoms with Crippen LogP contribution in [-0.2, 0) is 0 Å². The Morgan fingerprint density at radius 2 is 1.59 bits per heavy atom. The SMILES string of the molecule is CC12CCC(F)CC1CCC1C2CCC2(C)C1CCC2(C)O. The zero-order chi connectivity index (χ0) is 15.8. The summed E-state index contributed by atoms with van der Waals surface area (Å²) in [5, 5.41) is 10.9. The van der Waals surface area contributed by atoms with Crippen molar-refractivity contribution in [3.8, 4) is 0 Å². The third kappa shape index (κ3) is 1.85. The number of fused-ring (bicyclic) bond motifs is 5. The second-order valence-corrected chi connectivity index (χ2v) is 9.80. The highest BCUT2D eigenvalue weighted by Crippen LogP contribution is 2.68. The molecule has 0 saturated heterocycles. The largest absolute Gasteiger partial charge is 0.390 e. The number of aliphatic hydroxyl groups is 1. The van der Waals surface area contributed by atoms with Crippen LogP contribution in [0.15, 0.2) is 0 Å². The first kappa shape index (κ1) is 15.4. The number of rotatable bonds is 0. The molecule has 4 aliphatic carbocycles. The smallest absolute Gasteiger partial charge is 0.100 e. The lowest BCUT2D eigenvalue weighted by Crippen LogP contribution is -2.56. The normalized spacial score (nSPS) is 61.2. The Balaban J connectivity index is 1.64. The molecule has 0 amide bonds. The van der Waals surface area contributed by atoms with Gasteiger partial charge < -0.3 is 5.11 Å². The van der Waals surface area contributed by atoms with Crippen LogP contribution >= 0.6 is 0 Å². The zero-order valence-corrected chi connectivity index (χ0v) is 14.6. The maximum atomic E-state index is 13.9. The van der Waals surface area contributed by atoms with Gasteiger partial charge in [0, 0.05) is 0 Å². The van der Waals surface area contributed by atoms with Crippen molar-refractivity contribution in [1.29, 1.82) is 0 Å². The molecule has 22 heavy (non-hydrogen) atoms. The molecule has 0 aromatic heterocycles. The monoisotopic (exact) mass is 308 g/mol. The summed E-state index contributed by atoms with van der Waals surface area (Å²) in [7, 11) is 0. The van der Waals surface area contributed by atoms with Crippen molar-refractivity contribution in [2.75, 3.05) is 0 Å². The van der Waals surface area contributed by atoms with Crippen LogP contribution in [0.3, 0.4) is 0 Å². The number of alkyl halides is 1. The maximum absolute atomic E-state index is 13.9. The van der Waals surface area contributed by atoms with Crippen LogP contribution in [0.1, 0.15) is 78.6 Å². The van der Waals surface area contributed by atoms with Crippen molar-refractivity contribution in [2.24, 2.45) is 34.5 Å². The van der Waals surface area contributed by atoms with Gasteiger partial charge in [0.25, 0.3) is 0 Å². The molecule has 8 atom stereocenters. The Bertz CT molecular complexity index is 461. The van der Waals surface area contributed by atoms with Crippen LogP contribution < -0.4 is 0 Å². The molecule has 0 radical (unpaired) electrons. The molecular weight excluding hydrogens is 275 g/mol. The molecule has 126 valence electrons. The topological polar surface area (TPSA) is 20.2 Å². The van der Waals surface area contributed by atoms with Crippen molar-refractivity contribution in [2.45, 2.75) is 90.3 Å². The Morgan fingerprint density at radius 1 is 0.864 bits per heavy atom. The van der Waals surface area contributed by atoms with Crippen LogP contribution in [0.5, 0.6) is 0 Å². The summed E-state index contributed by atoms with van der Waals surface area (Å²) in [5.74, 6) is 2.88. The molecule has 4 aliphatic rings. The van der Waals surface area contributed by atoms with E-state index in [0.717, 1.165) is 37.5 Å². The van der Waals surface area contributed by atoms with Gasteiger partial charge in [-0.2, -0.15) is 0 Å². The Kier molecular flexibility index (Phi) is 3.30. The molecule has 8 unspecified atom stereocenters. The van der Waals surface area contributed by atoms with Gasteiger partial charge in [-0.05, 0) is 99.2 Å². The standard InChI is InChI=1S/C20H33FO/c1-18-9-6-14(21)12-13(18)4-5-15-16(18)7-10-19(2)17(15)8-11-20(19,3)22/h13-17,22H,4-12H2,1-3H3. The third-order valence-electron chi connectivity index (χ3n) is 9.16. The van der Waals surface area contributed by atoms with Gasteiger partial charge in [0.1, 0.15) is 6.17 Å². The second kappa shape index (κ2) is 4.71. The summed E-state index contributed by atoms with van der Waals surface area (Å²) in [6, 6.07) is 0. The molecule has 0 aromatic rings. The molecule has 0 aliphatic heterocycles. The summed E-state index contributed by atoms with van der Waals surface area (Å²) in [6.07, 6.45) is 9.29. The Morgan fingerprint density at radius 3 is 2.36 bits per heavy atom. The molecule has 0 aromatic carbocycles. The molecule has 1 nitrogen and oxygen atoms in total. The minimum absolute atomic E-state index is 0.120. The number of hydrogen-bond donors (Lipinski definition) is 1. The fourth-order valence-electron chi connectivity index (χ4n) is 7.45. The minimum atomic E-state index is -0.546. The number of hydrogen-bond acceptors (Lipinski definition) is 1. The minimum Gasteiger partial charge on any atom is -0.390 e. The molecule has 4 rings (SSSR count). The first-order valence-corrected chi connectivity index (χ1v) is 9.64. The molecule has 0 spiro atoms. The van der Waals surface area contributed by atoms with E-state index in [0.29, 0.717) is 17.3 Å². The average Bonchev–Trinajstić information content (AvgIpc) is 2.70. The van der Waals surface area contributed by atoms with Crippen LogP contribution in [-0.4, -0.2) is 16.9 Å². The van der Waals surface area contributed by atoms with Gasteiger partial charge in [0.05, 0.1) is 5.60 Å². The first-order chi connectivity index (χ1) is 10.3. The number of halogens is 1. The van der Waals surface area contributed by atoms with E-state index in [-0.39, 0.29) is 5.41 Å². The maximum Gasteiger partial charge on any atom is 0.100 e. The van der Waals surface area contributed by atoms with Gasteiger partial charge in [-0.3, -0.25) is 0 Å². The van der Waals surface area contributed by atoms with Gasteiger partial charge in [0.2, 0.25) is 0 Å². The Labute approximate surface area is 135 Å². The summed E-state index contributed by atoms with van der Waals surface area (Å²) < 4.78 is 13.9. The van der Waals surface area contributed by atoms with E-state index in [9.17, 15) is 9.50 Å². The van der Waals surface area contributed by atoms with E-state index in [4.69, 9.17) is 0 Å². The molecule has 4 fully saturated rings. The van der Waals surface area contributed by atoms with Gasteiger partial charge in [-0.25, -0.2) is 4.39 Å². The lowest BCUT2D eigenvalue weighted by Gasteiger charge is -2.61. The fraction of sp³-hybridized carbons (Fsp3) is 1.00. The van der Waals surface area contributed by atoms with Crippen molar-refractivity contribution >= 4 is 0 Å². The van der Waals surface area contributed by atoms with Crippen LogP contribution in [0.4, 0.5) is 4.39 Å². The molecule has 1 N–H and O–H groups in total. The third-order valence-corrected chi connectivity index (χ3v) is 9.16. The van der Waals surface area contributed by atoms with Crippen LogP contribution in [0.2, 0.25) is 0 Å². The van der Waals surface area contributed by atoms with Gasteiger partial charge in [-0.15, -0.1) is 0 Å². The highest BCUT2D eigenvalue weighted by atomic mass is 19.1. The van der Waals surface area contributed by atoms with E-state index in [2.05, 4.69) is 20.8 Å². The molecule has 4 saturated carbocycles. The van der Waals surface area contributed by atoms with E-state index < -0.39 is 11.8 Å². The Hall–Kier alpha value is -0.110. The summed E-state index contributed by atoms with van der Waals surface area (Å²) in [4.78, 5) is 0. The molecule has 0 heterocycles. The van der Waals surface area contributed by atoms with E-state index >= 15 is 0 Å². The highest BCUT2D eigenvalue weighted by molar-refractivity contribution is 5.12. The summed E-state index contributed by atoms with van der Waals surface area (Å²) in [5.41, 5.74) is 0.0208. The average molecular weight is 308 g/mol. The van der Waals surface area contributed by atoms with Crippen molar-refractivity contribution in [3.63, 3.8) is 0 Å². The highest BCUT2D eigenvalue weighted by Gasteiger charge is 2.63. The molecular formula is C20H33FO. The lowest BCUT2D eigenvalue weighted by atomic mass is 9.44. The summed E-state index contributed by atoms with van der Waals surface area (Å²) >= 11 is 0. The van der Waals surface area contributed by atoms with Crippen molar-refractivity contribution < 1.29 is 9.50 Å². The van der Waals surface area contributed by atoms with Crippen molar-refractivity contribution in [3.05, 3.63) is 0 Å². The zero-order valence-electron chi connectivity index (χ0n) is 14.6. The van der Waals surface area contributed by atoms with E-state index in [1.165, 1.54) is 32.1 Å². The van der Waals surface area contributed by atoms with E-state index in [1.54, 1.807) is 0 Å². The fourth-order valence-corrected chi connectivity index (χ4v) is 7.45.